The Bertz CT molecular complexity index is 827. The maximum Gasteiger partial charge on any atom is 0.241 e. The van der Waals surface area contributed by atoms with Crippen LogP contribution in [-0.2, 0) is 9.59 Å². The topological polar surface area (TPSA) is 61.9 Å². The lowest BCUT2D eigenvalue weighted by molar-refractivity contribution is -0.120. The first-order valence-corrected chi connectivity index (χ1v) is 9.10. The van der Waals surface area contributed by atoms with Gasteiger partial charge < -0.3 is 15.0 Å². The molecule has 0 saturated carbocycles. The van der Waals surface area contributed by atoms with E-state index in [0.717, 1.165) is 5.69 Å². The normalized spacial score (nSPS) is 10.4. The van der Waals surface area contributed by atoms with Crippen LogP contribution in [0.2, 0.25) is 5.02 Å². The number of para-hydroxylation sites is 1. The molecule has 0 aliphatic heterocycles. The highest BCUT2D eigenvalue weighted by atomic mass is 35.5. The van der Waals surface area contributed by atoms with Crippen molar-refractivity contribution in [1.82, 2.24) is 4.90 Å². The van der Waals surface area contributed by atoms with E-state index >= 15 is 0 Å². The van der Waals surface area contributed by atoms with Crippen molar-refractivity contribution in [1.29, 1.82) is 0 Å². The van der Waals surface area contributed by atoms with Gasteiger partial charge in [-0.15, -0.1) is 6.58 Å². The lowest BCUT2D eigenvalue weighted by atomic mass is 10.2. The van der Waals surface area contributed by atoms with Crippen molar-refractivity contribution in [3.63, 3.8) is 0 Å². The molecule has 0 aromatic heterocycles. The number of benzene rings is 2. The van der Waals surface area contributed by atoms with E-state index in [1.807, 2.05) is 30.3 Å². The number of amides is 2. The smallest absolute Gasteiger partial charge is 0.241 e. The van der Waals surface area contributed by atoms with Crippen molar-refractivity contribution in [3.8, 4) is 5.75 Å². The molecule has 148 valence electrons. The molecule has 0 bridgehead atoms. The Hall–Kier alpha value is -2.83. The largest absolute Gasteiger partial charge is 0.495 e. The Labute approximate surface area is 170 Å². The maximum absolute atomic E-state index is 12.7. The van der Waals surface area contributed by atoms with Gasteiger partial charge in [0, 0.05) is 17.3 Å². The lowest BCUT2D eigenvalue weighted by Crippen LogP contribution is -2.41. The SMILES string of the molecule is C=CCN(C(=O)CN(C)CC(=O)Nc1cc(Cl)ccc1OC)c1ccccc1. The van der Waals surface area contributed by atoms with Gasteiger partial charge in [-0.05, 0) is 37.4 Å². The molecule has 0 aliphatic rings. The van der Waals surface area contributed by atoms with E-state index in [1.54, 1.807) is 41.1 Å². The minimum atomic E-state index is -0.272. The van der Waals surface area contributed by atoms with Gasteiger partial charge in [0.2, 0.25) is 11.8 Å². The third-order valence-corrected chi connectivity index (χ3v) is 4.17. The fourth-order valence-corrected chi connectivity index (χ4v) is 2.85. The number of nitrogens with one attached hydrogen (secondary N) is 1. The molecule has 0 unspecified atom stereocenters. The zero-order valence-corrected chi connectivity index (χ0v) is 16.8. The number of halogens is 1. The summed E-state index contributed by atoms with van der Waals surface area (Å²) in [5, 5.41) is 3.25. The van der Waals surface area contributed by atoms with E-state index < -0.39 is 0 Å². The molecular weight excluding hydrogens is 378 g/mol. The minimum Gasteiger partial charge on any atom is -0.495 e. The van der Waals surface area contributed by atoms with Crippen LogP contribution in [0, 0.1) is 0 Å². The first-order valence-electron chi connectivity index (χ1n) is 8.73. The predicted molar refractivity (Wildman–Crippen MR) is 113 cm³/mol. The number of hydrogen-bond acceptors (Lipinski definition) is 4. The second-order valence-electron chi connectivity index (χ2n) is 6.19. The van der Waals surface area contributed by atoms with Crippen LogP contribution >= 0.6 is 11.6 Å². The number of hydrogen-bond donors (Lipinski definition) is 1. The van der Waals surface area contributed by atoms with Crippen LogP contribution in [0.5, 0.6) is 5.75 Å². The molecule has 0 heterocycles. The highest BCUT2D eigenvalue weighted by Crippen LogP contribution is 2.27. The number of rotatable bonds is 9. The second-order valence-corrected chi connectivity index (χ2v) is 6.63. The molecule has 2 aromatic carbocycles. The van der Waals surface area contributed by atoms with Crippen LogP contribution in [-0.4, -0.2) is 50.5 Å². The third-order valence-electron chi connectivity index (χ3n) is 3.93. The fourth-order valence-electron chi connectivity index (χ4n) is 2.67. The standard InChI is InChI=1S/C21H24ClN3O3/c1-4-12-25(17-8-6-5-7-9-17)21(27)15-24(2)14-20(26)23-18-13-16(22)10-11-19(18)28-3/h4-11,13H,1,12,14-15H2,2-3H3,(H,23,26). The third kappa shape index (κ3) is 6.11. The highest BCUT2D eigenvalue weighted by Gasteiger charge is 2.18. The molecule has 2 rings (SSSR count). The van der Waals surface area contributed by atoms with Crippen molar-refractivity contribution >= 4 is 34.8 Å². The van der Waals surface area contributed by atoms with E-state index in [0.29, 0.717) is 23.0 Å². The lowest BCUT2D eigenvalue weighted by Gasteiger charge is -2.24. The Morgan fingerprint density at radius 2 is 1.89 bits per heavy atom. The summed E-state index contributed by atoms with van der Waals surface area (Å²) in [4.78, 5) is 28.3. The van der Waals surface area contributed by atoms with Gasteiger partial charge in [0.05, 0.1) is 25.9 Å². The quantitative estimate of drug-likeness (QED) is 0.654. The fraction of sp³-hybridized carbons (Fsp3) is 0.238. The summed E-state index contributed by atoms with van der Waals surface area (Å²) in [6.07, 6.45) is 1.67. The average Bonchev–Trinajstić information content (AvgIpc) is 2.66. The zero-order chi connectivity index (χ0) is 20.5. The van der Waals surface area contributed by atoms with Gasteiger partial charge in [-0.3, -0.25) is 14.5 Å². The van der Waals surface area contributed by atoms with Crippen LogP contribution in [0.15, 0.2) is 61.2 Å². The molecule has 1 N–H and O–H groups in total. The van der Waals surface area contributed by atoms with Crippen LogP contribution in [0.4, 0.5) is 11.4 Å². The molecule has 0 atom stereocenters. The van der Waals surface area contributed by atoms with Crippen molar-refractivity contribution in [3.05, 3.63) is 66.2 Å². The van der Waals surface area contributed by atoms with Crippen LogP contribution < -0.4 is 15.0 Å². The number of nitrogens with zero attached hydrogens (tertiary/aromatic N) is 2. The molecule has 7 heteroatoms. The molecule has 0 aliphatic carbocycles. The zero-order valence-electron chi connectivity index (χ0n) is 16.0. The molecule has 0 saturated heterocycles. The van der Waals surface area contributed by atoms with E-state index in [1.165, 1.54) is 7.11 Å². The van der Waals surface area contributed by atoms with Crippen molar-refractivity contribution in [2.75, 3.05) is 44.0 Å². The first-order chi connectivity index (χ1) is 13.4. The summed E-state index contributed by atoms with van der Waals surface area (Å²) < 4.78 is 5.22. The number of methoxy groups -OCH3 is 1. The van der Waals surface area contributed by atoms with Gasteiger partial charge in [0.15, 0.2) is 0 Å². The maximum atomic E-state index is 12.7. The van der Waals surface area contributed by atoms with Crippen LogP contribution in [0.3, 0.4) is 0 Å². The summed E-state index contributed by atoms with van der Waals surface area (Å²) in [5.41, 5.74) is 1.27. The molecular formula is C21H24ClN3O3. The van der Waals surface area contributed by atoms with Gasteiger partial charge >= 0.3 is 0 Å². The summed E-state index contributed by atoms with van der Waals surface area (Å²) >= 11 is 5.98. The molecule has 6 nitrogen and oxygen atoms in total. The van der Waals surface area contributed by atoms with Crippen molar-refractivity contribution < 1.29 is 14.3 Å². The Morgan fingerprint density at radius 3 is 2.54 bits per heavy atom. The predicted octanol–water partition coefficient (Wildman–Crippen LogP) is 3.44. The number of anilines is 2. The van der Waals surface area contributed by atoms with Crippen LogP contribution in [0.1, 0.15) is 0 Å². The van der Waals surface area contributed by atoms with Crippen LogP contribution in [0.25, 0.3) is 0 Å². The van der Waals surface area contributed by atoms with Crippen molar-refractivity contribution in [2.24, 2.45) is 0 Å². The molecule has 0 fully saturated rings. The number of carbonyl (C=O) groups is 2. The Balaban J connectivity index is 1.97. The second kappa shape index (κ2) is 10.5. The number of likely N-dealkylation sites (N-methyl/N-ethyl adjacent to an activating group) is 1. The average molecular weight is 402 g/mol. The molecule has 0 spiro atoms. The molecule has 2 amide bonds. The van der Waals surface area contributed by atoms with Crippen molar-refractivity contribution in [2.45, 2.75) is 0 Å². The monoisotopic (exact) mass is 401 g/mol. The summed E-state index contributed by atoms with van der Waals surface area (Å²) in [6, 6.07) is 14.3. The minimum absolute atomic E-state index is 0.0398. The van der Waals surface area contributed by atoms with Gasteiger partial charge in [-0.25, -0.2) is 0 Å². The first kappa shape index (κ1) is 21.5. The van der Waals surface area contributed by atoms with Gasteiger partial charge in [0.25, 0.3) is 0 Å². The van der Waals surface area contributed by atoms with E-state index in [4.69, 9.17) is 16.3 Å². The van der Waals surface area contributed by atoms with Gasteiger partial charge in [0.1, 0.15) is 5.75 Å². The molecule has 0 radical (unpaired) electrons. The molecule has 2 aromatic rings. The number of ether oxygens (including phenoxy) is 1. The van der Waals surface area contributed by atoms with E-state index in [9.17, 15) is 9.59 Å². The van der Waals surface area contributed by atoms with E-state index in [-0.39, 0.29) is 24.9 Å². The van der Waals surface area contributed by atoms with E-state index in [2.05, 4.69) is 11.9 Å². The summed E-state index contributed by atoms with van der Waals surface area (Å²) in [7, 11) is 3.23. The van der Waals surface area contributed by atoms with Gasteiger partial charge in [-0.2, -0.15) is 0 Å². The van der Waals surface area contributed by atoms with Gasteiger partial charge in [-0.1, -0.05) is 35.9 Å². The summed E-state index contributed by atoms with van der Waals surface area (Å²) in [6.45, 7) is 4.23. The Kier molecular flexibility index (Phi) is 8.04. The molecule has 28 heavy (non-hydrogen) atoms. The highest BCUT2D eigenvalue weighted by molar-refractivity contribution is 6.31. The summed E-state index contributed by atoms with van der Waals surface area (Å²) in [5.74, 6) is 0.116. The number of carbonyl (C=O) groups excluding carboxylic acids is 2. The Morgan fingerprint density at radius 1 is 1.18 bits per heavy atom.